The SMILES string of the molecule is C[C@@H]1CN(CCC(C)(C(=O)NCc2cc(F)ccc2C(F)(F)F)c2ccc(Cl)c(Cl)c2)CCN1S(C)(=O)=O. The van der Waals surface area contributed by atoms with E-state index in [9.17, 15) is 30.8 Å². The van der Waals surface area contributed by atoms with Gasteiger partial charge in [-0.2, -0.15) is 17.5 Å². The minimum atomic E-state index is -4.72. The summed E-state index contributed by atoms with van der Waals surface area (Å²) in [7, 11) is -3.35. The molecule has 0 saturated carbocycles. The van der Waals surface area contributed by atoms with Gasteiger partial charge in [-0.25, -0.2) is 12.8 Å². The fourth-order valence-electron chi connectivity index (χ4n) is 4.68. The van der Waals surface area contributed by atoms with Crippen LogP contribution in [-0.2, 0) is 33.0 Å². The van der Waals surface area contributed by atoms with Gasteiger partial charge in [-0.3, -0.25) is 4.79 Å². The average Bonchev–Trinajstić information content (AvgIpc) is 2.81. The fourth-order valence-corrected chi connectivity index (χ4v) is 6.11. The van der Waals surface area contributed by atoms with E-state index < -0.39 is 51.0 Å². The van der Waals surface area contributed by atoms with Gasteiger partial charge in [-0.15, -0.1) is 0 Å². The third-order valence-electron chi connectivity index (χ3n) is 6.87. The number of amides is 1. The summed E-state index contributed by atoms with van der Waals surface area (Å²) in [6.45, 7) is 4.52. The van der Waals surface area contributed by atoms with Crippen LogP contribution in [-0.4, -0.2) is 62.0 Å². The lowest BCUT2D eigenvalue weighted by Gasteiger charge is -2.40. The van der Waals surface area contributed by atoms with E-state index in [0.717, 1.165) is 18.4 Å². The van der Waals surface area contributed by atoms with Gasteiger partial charge in [0.15, 0.2) is 0 Å². The summed E-state index contributed by atoms with van der Waals surface area (Å²) < 4.78 is 79.5. The van der Waals surface area contributed by atoms with Crippen molar-refractivity contribution < 1.29 is 30.8 Å². The van der Waals surface area contributed by atoms with Gasteiger partial charge in [0.2, 0.25) is 15.9 Å². The van der Waals surface area contributed by atoms with Crippen LogP contribution < -0.4 is 5.32 Å². The standard InChI is InChI=1S/C25H29Cl2F4N3O3S/c1-16-15-33(10-11-34(16)38(3,36)37)9-8-24(2,18-4-7-21(26)22(27)13-18)23(35)32-14-17-12-19(28)5-6-20(17)25(29,30)31/h4-7,12-13,16H,8-11,14-15H2,1-3H3,(H,32,35)/t16-,24?/m1/s1. The second kappa shape index (κ2) is 11.7. The molecule has 38 heavy (non-hydrogen) atoms. The highest BCUT2D eigenvalue weighted by Crippen LogP contribution is 2.35. The zero-order chi connectivity index (χ0) is 28.5. The second-order valence-electron chi connectivity index (χ2n) is 9.72. The molecule has 1 aliphatic rings. The predicted octanol–water partition coefficient (Wildman–Crippen LogP) is 5.08. The number of sulfonamides is 1. The van der Waals surface area contributed by atoms with Crippen molar-refractivity contribution in [2.45, 2.75) is 44.4 Å². The van der Waals surface area contributed by atoms with Crippen LogP contribution in [0, 0.1) is 5.82 Å². The van der Waals surface area contributed by atoms with E-state index in [1.54, 1.807) is 19.9 Å². The maximum Gasteiger partial charge on any atom is 0.416 e. The Morgan fingerprint density at radius 1 is 1.11 bits per heavy atom. The Bertz CT molecular complexity index is 1290. The Labute approximate surface area is 229 Å². The molecule has 0 aliphatic carbocycles. The van der Waals surface area contributed by atoms with Crippen molar-refractivity contribution in [2.75, 3.05) is 32.4 Å². The van der Waals surface area contributed by atoms with Crippen LogP contribution in [0.25, 0.3) is 0 Å². The molecule has 1 fully saturated rings. The number of alkyl halides is 3. The van der Waals surface area contributed by atoms with Crippen molar-refractivity contribution >= 4 is 39.1 Å². The van der Waals surface area contributed by atoms with Crippen molar-refractivity contribution in [3.8, 4) is 0 Å². The monoisotopic (exact) mass is 597 g/mol. The minimum absolute atomic E-state index is 0.211. The summed E-state index contributed by atoms with van der Waals surface area (Å²) >= 11 is 12.3. The first kappa shape index (κ1) is 30.6. The van der Waals surface area contributed by atoms with E-state index in [4.69, 9.17) is 23.2 Å². The molecule has 2 aromatic carbocycles. The lowest BCUT2D eigenvalue weighted by Crippen LogP contribution is -2.54. The van der Waals surface area contributed by atoms with Gasteiger partial charge in [0.25, 0.3) is 0 Å². The Morgan fingerprint density at radius 2 is 1.79 bits per heavy atom. The Kier molecular flexibility index (Phi) is 9.41. The summed E-state index contributed by atoms with van der Waals surface area (Å²) in [5.41, 5.74) is -2.17. The predicted molar refractivity (Wildman–Crippen MR) is 139 cm³/mol. The van der Waals surface area contributed by atoms with E-state index in [2.05, 4.69) is 5.32 Å². The van der Waals surface area contributed by atoms with Crippen LogP contribution >= 0.6 is 23.2 Å². The van der Waals surface area contributed by atoms with Gasteiger partial charge in [0.1, 0.15) is 5.82 Å². The molecule has 3 rings (SSSR count). The van der Waals surface area contributed by atoms with Gasteiger partial charge >= 0.3 is 6.18 Å². The lowest BCUT2D eigenvalue weighted by molar-refractivity contribution is -0.138. The van der Waals surface area contributed by atoms with Crippen molar-refractivity contribution in [3.63, 3.8) is 0 Å². The quantitative estimate of drug-likeness (QED) is 0.431. The lowest BCUT2D eigenvalue weighted by atomic mass is 9.78. The van der Waals surface area contributed by atoms with Gasteiger partial charge in [-0.1, -0.05) is 29.3 Å². The molecule has 1 heterocycles. The molecule has 0 bridgehead atoms. The molecule has 2 atom stereocenters. The number of nitrogens with zero attached hydrogens (tertiary/aromatic N) is 2. The van der Waals surface area contributed by atoms with Crippen LogP contribution in [0.2, 0.25) is 10.0 Å². The smallest absolute Gasteiger partial charge is 0.351 e. The van der Waals surface area contributed by atoms with Crippen LogP contribution in [0.15, 0.2) is 36.4 Å². The molecule has 1 unspecified atom stereocenters. The first-order chi connectivity index (χ1) is 17.5. The first-order valence-electron chi connectivity index (χ1n) is 11.8. The van der Waals surface area contributed by atoms with Gasteiger partial charge in [0.05, 0.1) is 27.3 Å². The molecule has 0 radical (unpaired) electrons. The normalized spacial score (nSPS) is 19.2. The summed E-state index contributed by atoms with van der Waals surface area (Å²) in [6, 6.07) is 6.55. The molecule has 2 aromatic rings. The summed E-state index contributed by atoms with van der Waals surface area (Å²) in [4.78, 5) is 15.6. The van der Waals surface area contributed by atoms with E-state index in [1.165, 1.54) is 16.4 Å². The first-order valence-corrected chi connectivity index (χ1v) is 14.4. The maximum atomic E-state index is 13.7. The molecular formula is C25H29Cl2F4N3O3S. The summed E-state index contributed by atoms with van der Waals surface area (Å²) in [6.07, 6.45) is -3.31. The maximum absolute atomic E-state index is 13.7. The molecule has 13 heteroatoms. The third-order valence-corrected chi connectivity index (χ3v) is 9.01. The van der Waals surface area contributed by atoms with Crippen molar-refractivity contribution in [3.05, 3.63) is 69.0 Å². The molecule has 6 nitrogen and oxygen atoms in total. The second-order valence-corrected chi connectivity index (χ2v) is 12.5. The number of carbonyl (C=O) groups excluding carboxylic acids is 1. The molecule has 1 amide bonds. The van der Waals surface area contributed by atoms with Gasteiger partial charge in [-0.05, 0) is 68.3 Å². The van der Waals surface area contributed by atoms with E-state index in [-0.39, 0.29) is 22.5 Å². The van der Waals surface area contributed by atoms with Crippen molar-refractivity contribution in [2.24, 2.45) is 0 Å². The molecule has 1 N–H and O–H groups in total. The molecule has 0 spiro atoms. The number of benzene rings is 2. The molecule has 1 aliphatic heterocycles. The molecule has 210 valence electrons. The Balaban J connectivity index is 1.83. The Hall–Kier alpha value is -1.92. The summed E-state index contributed by atoms with van der Waals surface area (Å²) in [5, 5.41) is 3.04. The van der Waals surface area contributed by atoms with Crippen molar-refractivity contribution in [1.82, 2.24) is 14.5 Å². The number of nitrogens with one attached hydrogen (secondary N) is 1. The molecule has 0 aromatic heterocycles. The van der Waals surface area contributed by atoms with Gasteiger partial charge in [0, 0.05) is 32.2 Å². The third kappa shape index (κ3) is 7.18. The number of hydrogen-bond donors (Lipinski definition) is 1. The highest BCUT2D eigenvalue weighted by atomic mass is 35.5. The number of hydrogen-bond acceptors (Lipinski definition) is 4. The van der Waals surface area contributed by atoms with Crippen LogP contribution in [0.1, 0.15) is 37.0 Å². The molecule has 1 saturated heterocycles. The largest absolute Gasteiger partial charge is 0.416 e. The van der Waals surface area contributed by atoms with Crippen molar-refractivity contribution in [1.29, 1.82) is 0 Å². The van der Waals surface area contributed by atoms with Crippen LogP contribution in [0.3, 0.4) is 0 Å². The zero-order valence-electron chi connectivity index (χ0n) is 21.1. The van der Waals surface area contributed by atoms with Crippen LogP contribution in [0.4, 0.5) is 17.6 Å². The number of carbonyl (C=O) groups is 1. The van der Waals surface area contributed by atoms with E-state index >= 15 is 0 Å². The average molecular weight is 598 g/mol. The fraction of sp³-hybridized carbons (Fsp3) is 0.480. The molecular weight excluding hydrogens is 569 g/mol. The highest BCUT2D eigenvalue weighted by Gasteiger charge is 2.38. The van der Waals surface area contributed by atoms with Gasteiger partial charge < -0.3 is 10.2 Å². The number of halogens is 6. The number of piperazine rings is 1. The zero-order valence-corrected chi connectivity index (χ0v) is 23.4. The van der Waals surface area contributed by atoms with Crippen LogP contribution in [0.5, 0.6) is 0 Å². The van der Waals surface area contributed by atoms with E-state index in [0.29, 0.717) is 37.8 Å². The highest BCUT2D eigenvalue weighted by molar-refractivity contribution is 7.88. The van der Waals surface area contributed by atoms with E-state index in [1.807, 2.05) is 4.90 Å². The Morgan fingerprint density at radius 3 is 2.37 bits per heavy atom. The topological polar surface area (TPSA) is 69.7 Å². The summed E-state index contributed by atoms with van der Waals surface area (Å²) in [5.74, 6) is -1.42. The number of rotatable bonds is 8. The minimum Gasteiger partial charge on any atom is -0.351 e.